The Bertz CT molecular complexity index is 1680. The molecule has 1 aliphatic heterocycles. The third kappa shape index (κ3) is 5.29. The third-order valence-electron chi connectivity index (χ3n) is 6.97. The molecule has 0 unspecified atom stereocenters. The Hall–Kier alpha value is -4.60. The van der Waals surface area contributed by atoms with Crippen LogP contribution in [-0.2, 0) is 24.3 Å². The van der Waals surface area contributed by atoms with Gasteiger partial charge in [-0.2, -0.15) is 0 Å². The minimum absolute atomic E-state index is 0.0398. The van der Waals surface area contributed by atoms with Crippen molar-refractivity contribution in [2.24, 2.45) is 4.99 Å². The van der Waals surface area contributed by atoms with Crippen LogP contribution in [0.25, 0.3) is 11.3 Å². The van der Waals surface area contributed by atoms with Crippen LogP contribution in [0.15, 0.2) is 57.0 Å². The highest BCUT2D eigenvalue weighted by molar-refractivity contribution is 5.88. The number of ether oxygens (including phenoxy) is 2. The van der Waals surface area contributed by atoms with Crippen molar-refractivity contribution in [1.29, 1.82) is 0 Å². The zero-order valence-corrected chi connectivity index (χ0v) is 23.4. The molecule has 0 saturated heterocycles. The molecule has 1 N–H and O–H groups in total. The number of hydrogen-bond donors (Lipinski definition) is 1. The highest BCUT2D eigenvalue weighted by Gasteiger charge is 2.23. The molecule has 1 aliphatic rings. The fraction of sp³-hybridized carbons (Fsp3) is 0.333. The Kier molecular flexibility index (Phi) is 7.59. The first kappa shape index (κ1) is 27.0. The number of aryl methyl sites for hydroxylation is 4. The van der Waals surface area contributed by atoms with Crippen molar-refractivity contribution in [1.82, 2.24) is 14.1 Å². The summed E-state index contributed by atoms with van der Waals surface area (Å²) in [6, 6.07) is 10.1. The average molecular weight is 544 g/mol. The van der Waals surface area contributed by atoms with Gasteiger partial charge < -0.3 is 13.9 Å². The first-order valence-electron chi connectivity index (χ1n) is 13.3. The maximum Gasteiger partial charge on any atom is 0.330 e. The highest BCUT2D eigenvalue weighted by atomic mass is 16.5. The molecule has 0 atom stereocenters. The second-order valence-corrected chi connectivity index (χ2v) is 9.81. The van der Waals surface area contributed by atoms with Crippen LogP contribution in [0.1, 0.15) is 35.6 Å². The number of fused-ring (bicyclic) bond motifs is 3. The van der Waals surface area contributed by atoms with Gasteiger partial charge in [-0.05, 0) is 62.9 Å². The molecule has 5 rings (SSSR count). The number of nitrogens with one attached hydrogen (secondary N) is 1. The number of aromatic nitrogens is 3. The second kappa shape index (κ2) is 11.3. The molecule has 0 spiro atoms. The van der Waals surface area contributed by atoms with Gasteiger partial charge in [-0.3, -0.25) is 19.2 Å². The first-order chi connectivity index (χ1) is 19.3. The van der Waals surface area contributed by atoms with Gasteiger partial charge in [0.05, 0.1) is 31.3 Å². The lowest BCUT2D eigenvalue weighted by atomic mass is 9.97. The van der Waals surface area contributed by atoms with Crippen molar-refractivity contribution in [2.75, 3.05) is 19.0 Å². The van der Waals surface area contributed by atoms with Gasteiger partial charge in [-0.15, -0.1) is 0 Å². The van der Waals surface area contributed by atoms with E-state index in [0.717, 1.165) is 39.2 Å². The standard InChI is InChI=1S/C30H33N5O5/c1-6-39-25-15-21-7-10-34-23(22(21)16-24(25)38-5)17-26(32-28-19(3)13-18(2)14-20(28)4)35(30(34)37)11-8-27(36)33-29-31-9-12-40-29/h9,12-17H,6-8,10-11H2,1-5H3,(H,31,33,36)/b32-26+. The Morgan fingerprint density at radius 1 is 1.12 bits per heavy atom. The van der Waals surface area contributed by atoms with Crippen molar-refractivity contribution in [3.05, 3.63) is 81.0 Å². The van der Waals surface area contributed by atoms with Crippen LogP contribution >= 0.6 is 0 Å². The first-order valence-corrected chi connectivity index (χ1v) is 13.3. The largest absolute Gasteiger partial charge is 0.493 e. The minimum atomic E-state index is -0.316. The van der Waals surface area contributed by atoms with Crippen molar-refractivity contribution in [3.8, 4) is 22.8 Å². The van der Waals surface area contributed by atoms with E-state index in [1.165, 1.54) is 12.5 Å². The Balaban J connectivity index is 1.65. The lowest BCUT2D eigenvalue weighted by Crippen LogP contribution is -2.42. The number of benzene rings is 2. The third-order valence-corrected chi connectivity index (χ3v) is 6.97. The van der Waals surface area contributed by atoms with E-state index in [0.29, 0.717) is 36.6 Å². The van der Waals surface area contributed by atoms with E-state index in [4.69, 9.17) is 18.9 Å². The lowest BCUT2D eigenvalue weighted by molar-refractivity contribution is -0.116. The summed E-state index contributed by atoms with van der Waals surface area (Å²) >= 11 is 0. The van der Waals surface area contributed by atoms with Gasteiger partial charge in [0, 0.05) is 31.1 Å². The molecule has 2 aromatic carbocycles. The monoisotopic (exact) mass is 543 g/mol. The van der Waals surface area contributed by atoms with Gasteiger partial charge in [-0.1, -0.05) is 17.7 Å². The maximum absolute atomic E-state index is 14.0. The van der Waals surface area contributed by atoms with Gasteiger partial charge in [0.15, 0.2) is 11.5 Å². The molecule has 10 heteroatoms. The molecule has 1 amide bonds. The van der Waals surface area contributed by atoms with Crippen molar-refractivity contribution in [3.63, 3.8) is 0 Å². The Morgan fingerprint density at radius 2 is 1.90 bits per heavy atom. The molecule has 0 fully saturated rings. The average Bonchev–Trinajstić information content (AvgIpc) is 3.43. The number of amides is 1. The van der Waals surface area contributed by atoms with Crippen LogP contribution in [0.5, 0.6) is 11.5 Å². The summed E-state index contributed by atoms with van der Waals surface area (Å²) in [5.74, 6) is 0.966. The normalized spacial score (nSPS) is 12.6. The number of carbonyl (C=O) groups excluding carboxylic acids is 1. The van der Waals surface area contributed by atoms with E-state index < -0.39 is 0 Å². The summed E-state index contributed by atoms with van der Waals surface area (Å²) in [7, 11) is 1.60. The van der Waals surface area contributed by atoms with E-state index in [2.05, 4.69) is 22.4 Å². The number of nitrogens with zero attached hydrogens (tertiary/aromatic N) is 4. The predicted octanol–water partition coefficient (Wildman–Crippen LogP) is 4.45. The SMILES string of the molecule is CCOc1cc2c(cc1OC)-c1c/c(=N\c3c(C)cc(C)cc3C)n(CCC(=O)Nc3ncco3)c(=O)n1CC2. The molecule has 208 valence electrons. The van der Waals surface area contributed by atoms with Crippen LogP contribution in [0.3, 0.4) is 0 Å². The van der Waals surface area contributed by atoms with Crippen LogP contribution in [0, 0.1) is 20.8 Å². The Morgan fingerprint density at radius 3 is 2.58 bits per heavy atom. The number of hydrogen-bond acceptors (Lipinski definition) is 7. The van der Waals surface area contributed by atoms with E-state index in [1.54, 1.807) is 16.2 Å². The molecule has 0 saturated carbocycles. The minimum Gasteiger partial charge on any atom is -0.493 e. The molecule has 3 heterocycles. The topological polar surface area (TPSA) is 113 Å². The van der Waals surface area contributed by atoms with E-state index >= 15 is 0 Å². The number of rotatable bonds is 8. The summed E-state index contributed by atoms with van der Waals surface area (Å²) in [4.78, 5) is 35.5. The maximum atomic E-state index is 14.0. The molecule has 2 aromatic heterocycles. The summed E-state index contributed by atoms with van der Waals surface area (Å²) < 4.78 is 19.8. The summed E-state index contributed by atoms with van der Waals surface area (Å²) in [6.45, 7) is 9.13. The molecular formula is C30H33N5O5. The number of carbonyl (C=O) groups is 1. The predicted molar refractivity (Wildman–Crippen MR) is 151 cm³/mol. The quantitative estimate of drug-likeness (QED) is 0.351. The second-order valence-electron chi connectivity index (χ2n) is 9.81. The van der Waals surface area contributed by atoms with Gasteiger partial charge >= 0.3 is 11.7 Å². The van der Waals surface area contributed by atoms with Gasteiger partial charge in [0.25, 0.3) is 0 Å². The van der Waals surface area contributed by atoms with Crippen molar-refractivity contribution >= 4 is 17.6 Å². The highest BCUT2D eigenvalue weighted by Crippen LogP contribution is 2.37. The fourth-order valence-electron chi connectivity index (χ4n) is 5.22. The molecule has 4 aromatic rings. The van der Waals surface area contributed by atoms with Gasteiger partial charge in [0.1, 0.15) is 11.8 Å². The zero-order chi connectivity index (χ0) is 28.4. The van der Waals surface area contributed by atoms with Crippen molar-refractivity contribution in [2.45, 2.75) is 53.6 Å². The number of oxazole rings is 1. The van der Waals surface area contributed by atoms with Crippen LogP contribution in [0.4, 0.5) is 11.7 Å². The lowest BCUT2D eigenvalue weighted by Gasteiger charge is -2.25. The van der Waals surface area contributed by atoms with Gasteiger partial charge in [0.2, 0.25) is 5.91 Å². The van der Waals surface area contributed by atoms with Crippen molar-refractivity contribution < 1.29 is 18.7 Å². The van der Waals surface area contributed by atoms with E-state index in [9.17, 15) is 9.59 Å². The molecule has 0 bridgehead atoms. The number of methoxy groups -OCH3 is 1. The Labute approximate surface area is 231 Å². The summed E-state index contributed by atoms with van der Waals surface area (Å²) in [5.41, 5.74) is 6.90. The van der Waals surface area contributed by atoms with Crippen LogP contribution in [-0.4, -0.2) is 33.7 Å². The molecule has 10 nitrogen and oxygen atoms in total. The van der Waals surface area contributed by atoms with Crippen LogP contribution in [0.2, 0.25) is 0 Å². The van der Waals surface area contributed by atoms with E-state index in [-0.39, 0.29) is 30.6 Å². The summed E-state index contributed by atoms with van der Waals surface area (Å²) in [5, 5.41) is 2.61. The molecular weight excluding hydrogens is 510 g/mol. The molecule has 0 radical (unpaired) electrons. The van der Waals surface area contributed by atoms with E-state index in [1.807, 2.05) is 45.9 Å². The van der Waals surface area contributed by atoms with Gasteiger partial charge in [-0.25, -0.2) is 14.8 Å². The fourth-order valence-corrected chi connectivity index (χ4v) is 5.22. The summed E-state index contributed by atoms with van der Waals surface area (Å²) in [6.07, 6.45) is 3.53. The zero-order valence-electron chi connectivity index (χ0n) is 23.4. The molecule has 40 heavy (non-hydrogen) atoms. The number of anilines is 1. The van der Waals surface area contributed by atoms with Crippen LogP contribution < -0.4 is 26.0 Å². The molecule has 0 aliphatic carbocycles. The smallest absolute Gasteiger partial charge is 0.330 e.